The Hall–Kier alpha value is -2.28. The van der Waals surface area contributed by atoms with Crippen molar-refractivity contribution in [3.8, 4) is 11.5 Å². The molecule has 0 spiro atoms. The number of hydrogen-bond acceptors (Lipinski definition) is 5. The first-order valence-corrected chi connectivity index (χ1v) is 7.53. The summed E-state index contributed by atoms with van der Waals surface area (Å²) in [4.78, 5) is 25.7. The fourth-order valence-electron chi connectivity index (χ4n) is 3.24. The largest absolute Gasteiger partial charge is 0.481 e. The topological polar surface area (TPSA) is 85.3 Å². The van der Waals surface area contributed by atoms with Crippen LogP contribution in [-0.2, 0) is 14.3 Å². The van der Waals surface area contributed by atoms with Crippen LogP contribution in [0.3, 0.4) is 0 Å². The standard InChI is InChI=1S/C16H19NO6/c1-21-8-7-17-13(18)6-5-11(16(19)20)14(17)10-3-2-4-12-15(10)23-9-22-12/h2-4,11,14H,5-9H2,1H3,(H,19,20)/t11-,14-/m0/s1. The number of aliphatic carboxylic acids is 1. The summed E-state index contributed by atoms with van der Waals surface area (Å²) in [5, 5.41) is 9.61. The first kappa shape index (κ1) is 15.6. The number of fused-ring (bicyclic) bond motifs is 1. The van der Waals surface area contributed by atoms with Gasteiger partial charge in [-0.2, -0.15) is 0 Å². The van der Waals surface area contributed by atoms with Crippen LogP contribution >= 0.6 is 0 Å². The van der Waals surface area contributed by atoms with Crippen molar-refractivity contribution in [3.63, 3.8) is 0 Å². The molecule has 0 unspecified atom stereocenters. The van der Waals surface area contributed by atoms with Gasteiger partial charge in [-0.25, -0.2) is 0 Å². The third-order valence-corrected chi connectivity index (χ3v) is 4.31. The fraction of sp³-hybridized carbons (Fsp3) is 0.500. The Morgan fingerprint density at radius 3 is 3.00 bits per heavy atom. The summed E-state index contributed by atoms with van der Waals surface area (Å²) < 4.78 is 16.0. The summed E-state index contributed by atoms with van der Waals surface area (Å²) >= 11 is 0. The minimum Gasteiger partial charge on any atom is -0.481 e. The fourth-order valence-corrected chi connectivity index (χ4v) is 3.24. The first-order chi connectivity index (χ1) is 11.1. The predicted molar refractivity (Wildman–Crippen MR) is 79.3 cm³/mol. The number of carboxylic acids is 1. The number of benzene rings is 1. The molecule has 0 radical (unpaired) electrons. The average molecular weight is 321 g/mol. The van der Waals surface area contributed by atoms with Crippen molar-refractivity contribution in [3.05, 3.63) is 23.8 Å². The Bertz CT molecular complexity index is 617. The van der Waals surface area contributed by atoms with Crippen LogP contribution in [0.2, 0.25) is 0 Å². The van der Waals surface area contributed by atoms with Gasteiger partial charge >= 0.3 is 5.97 Å². The molecule has 23 heavy (non-hydrogen) atoms. The number of para-hydroxylation sites is 1. The van der Waals surface area contributed by atoms with Crippen LogP contribution in [0.1, 0.15) is 24.4 Å². The highest BCUT2D eigenvalue weighted by atomic mass is 16.7. The van der Waals surface area contributed by atoms with Crippen molar-refractivity contribution in [2.24, 2.45) is 5.92 Å². The van der Waals surface area contributed by atoms with Crippen molar-refractivity contribution in [2.75, 3.05) is 27.1 Å². The number of carbonyl (C=O) groups is 2. The number of hydrogen-bond donors (Lipinski definition) is 1. The van der Waals surface area contributed by atoms with E-state index >= 15 is 0 Å². The first-order valence-electron chi connectivity index (χ1n) is 7.53. The maximum absolute atomic E-state index is 12.4. The minimum absolute atomic E-state index is 0.0685. The monoisotopic (exact) mass is 321 g/mol. The van der Waals surface area contributed by atoms with Gasteiger partial charge in [0.2, 0.25) is 12.7 Å². The van der Waals surface area contributed by atoms with E-state index in [9.17, 15) is 14.7 Å². The second-order valence-electron chi connectivity index (χ2n) is 5.59. The number of likely N-dealkylation sites (tertiary alicyclic amines) is 1. The van der Waals surface area contributed by atoms with E-state index in [0.29, 0.717) is 36.6 Å². The molecule has 1 N–H and O–H groups in total. The lowest BCUT2D eigenvalue weighted by Crippen LogP contribution is -2.46. The van der Waals surface area contributed by atoms with Crippen LogP contribution in [0.25, 0.3) is 0 Å². The molecule has 0 saturated carbocycles. The summed E-state index contributed by atoms with van der Waals surface area (Å²) in [6.07, 6.45) is 0.538. The third-order valence-electron chi connectivity index (χ3n) is 4.31. The third kappa shape index (κ3) is 2.84. The molecule has 7 heteroatoms. The highest BCUT2D eigenvalue weighted by Gasteiger charge is 2.42. The van der Waals surface area contributed by atoms with Crippen LogP contribution in [0.4, 0.5) is 0 Å². The van der Waals surface area contributed by atoms with Gasteiger partial charge in [0.25, 0.3) is 0 Å². The Kier molecular flexibility index (Phi) is 4.38. The van der Waals surface area contributed by atoms with E-state index in [1.807, 2.05) is 0 Å². The minimum atomic E-state index is -0.915. The van der Waals surface area contributed by atoms with Crippen LogP contribution in [-0.4, -0.2) is 48.9 Å². The highest BCUT2D eigenvalue weighted by Crippen LogP contribution is 2.45. The van der Waals surface area contributed by atoms with E-state index in [4.69, 9.17) is 14.2 Å². The second-order valence-corrected chi connectivity index (χ2v) is 5.59. The van der Waals surface area contributed by atoms with Gasteiger partial charge < -0.3 is 24.2 Å². The Morgan fingerprint density at radius 1 is 1.43 bits per heavy atom. The molecule has 2 aliphatic rings. The molecule has 0 aromatic heterocycles. The average Bonchev–Trinajstić information content (AvgIpc) is 3.01. The smallest absolute Gasteiger partial charge is 0.308 e. The zero-order valence-electron chi connectivity index (χ0n) is 12.9. The molecule has 3 rings (SSSR count). The van der Waals surface area contributed by atoms with Crippen molar-refractivity contribution < 1.29 is 28.9 Å². The number of methoxy groups -OCH3 is 1. The molecule has 1 amide bonds. The van der Waals surface area contributed by atoms with Crippen LogP contribution in [0.15, 0.2) is 18.2 Å². The van der Waals surface area contributed by atoms with E-state index in [1.165, 1.54) is 0 Å². The lowest BCUT2D eigenvalue weighted by Gasteiger charge is -2.39. The zero-order valence-corrected chi connectivity index (χ0v) is 12.9. The summed E-state index contributed by atoms with van der Waals surface area (Å²) in [5.74, 6) is -0.556. The zero-order chi connectivity index (χ0) is 16.4. The Balaban J connectivity index is 2.03. The number of carbonyl (C=O) groups excluding carboxylic acids is 1. The number of ether oxygens (including phenoxy) is 3. The van der Waals surface area contributed by atoms with Crippen molar-refractivity contribution in [2.45, 2.75) is 18.9 Å². The van der Waals surface area contributed by atoms with Gasteiger partial charge in [0.1, 0.15) is 0 Å². The van der Waals surface area contributed by atoms with Crippen LogP contribution in [0.5, 0.6) is 11.5 Å². The lowest BCUT2D eigenvalue weighted by atomic mass is 9.83. The van der Waals surface area contributed by atoms with Crippen molar-refractivity contribution in [1.82, 2.24) is 4.90 Å². The normalized spacial score (nSPS) is 23.2. The Labute approximate surface area is 133 Å². The Morgan fingerprint density at radius 2 is 2.26 bits per heavy atom. The molecule has 7 nitrogen and oxygen atoms in total. The van der Waals surface area contributed by atoms with Gasteiger partial charge in [0.15, 0.2) is 11.5 Å². The van der Waals surface area contributed by atoms with Gasteiger partial charge in [-0.3, -0.25) is 9.59 Å². The predicted octanol–water partition coefficient (Wildman–Crippen LogP) is 1.43. The van der Waals surface area contributed by atoms with Crippen LogP contribution < -0.4 is 9.47 Å². The van der Waals surface area contributed by atoms with Gasteiger partial charge in [0, 0.05) is 25.6 Å². The molecular formula is C16H19NO6. The van der Waals surface area contributed by atoms with E-state index in [1.54, 1.807) is 30.2 Å². The summed E-state index contributed by atoms with van der Waals surface area (Å²) in [5.41, 5.74) is 0.677. The molecule has 2 heterocycles. The number of rotatable bonds is 5. The molecule has 1 aromatic carbocycles. The summed E-state index contributed by atoms with van der Waals surface area (Å²) in [6, 6.07) is 4.77. The molecule has 1 saturated heterocycles. The number of nitrogens with zero attached hydrogens (tertiary/aromatic N) is 1. The van der Waals surface area contributed by atoms with Crippen molar-refractivity contribution in [1.29, 1.82) is 0 Å². The molecule has 124 valence electrons. The molecule has 2 atom stereocenters. The van der Waals surface area contributed by atoms with Gasteiger partial charge in [-0.15, -0.1) is 0 Å². The quantitative estimate of drug-likeness (QED) is 0.883. The number of carboxylic acid groups (broad SMARTS) is 1. The molecule has 2 aliphatic heterocycles. The van der Waals surface area contributed by atoms with Crippen molar-refractivity contribution >= 4 is 11.9 Å². The van der Waals surface area contributed by atoms with Gasteiger partial charge in [-0.1, -0.05) is 12.1 Å². The van der Waals surface area contributed by atoms with E-state index in [2.05, 4.69) is 0 Å². The van der Waals surface area contributed by atoms with E-state index < -0.39 is 17.9 Å². The number of piperidine rings is 1. The molecule has 0 aliphatic carbocycles. The second kappa shape index (κ2) is 6.45. The summed E-state index contributed by atoms with van der Waals surface area (Å²) in [6.45, 7) is 0.790. The molecule has 1 aromatic rings. The van der Waals surface area contributed by atoms with Crippen LogP contribution in [0, 0.1) is 5.92 Å². The molecular weight excluding hydrogens is 302 g/mol. The van der Waals surface area contributed by atoms with Gasteiger partial charge in [-0.05, 0) is 12.5 Å². The maximum atomic E-state index is 12.4. The maximum Gasteiger partial charge on any atom is 0.308 e. The highest BCUT2D eigenvalue weighted by molar-refractivity contribution is 5.82. The van der Waals surface area contributed by atoms with Gasteiger partial charge in [0.05, 0.1) is 18.6 Å². The number of amides is 1. The lowest BCUT2D eigenvalue weighted by molar-refractivity contribution is -0.152. The van der Waals surface area contributed by atoms with E-state index in [-0.39, 0.29) is 19.1 Å². The van der Waals surface area contributed by atoms with E-state index in [0.717, 1.165) is 0 Å². The molecule has 1 fully saturated rings. The SMILES string of the molecule is COCCN1C(=O)CC[C@H](C(=O)O)[C@@H]1c1cccc2c1OCO2. The summed E-state index contributed by atoms with van der Waals surface area (Å²) in [7, 11) is 1.55. The molecule has 0 bridgehead atoms.